The van der Waals surface area contributed by atoms with Crippen LogP contribution in [0.3, 0.4) is 0 Å². The molecule has 0 aliphatic heterocycles. The number of carboxylic acid groups (broad SMARTS) is 1. The van der Waals surface area contributed by atoms with E-state index >= 15 is 0 Å². The van der Waals surface area contributed by atoms with Crippen molar-refractivity contribution >= 4 is 35.6 Å². The molecular formula is C50H45F3N10O14. The van der Waals surface area contributed by atoms with Crippen LogP contribution in [0.4, 0.5) is 19.0 Å². The Morgan fingerprint density at radius 3 is 1.66 bits per heavy atom. The van der Waals surface area contributed by atoms with E-state index in [2.05, 4.69) is 39.6 Å². The molecule has 0 saturated carbocycles. The summed E-state index contributed by atoms with van der Waals surface area (Å²) in [5, 5.41) is 25.5. The molecule has 0 unspecified atom stereocenters. The van der Waals surface area contributed by atoms with Crippen molar-refractivity contribution in [3.8, 4) is 16.9 Å². The van der Waals surface area contributed by atoms with Gasteiger partial charge in [-0.3, -0.25) is 29.0 Å². The van der Waals surface area contributed by atoms with Crippen LogP contribution >= 0.6 is 0 Å². The van der Waals surface area contributed by atoms with Gasteiger partial charge in [0.05, 0.1) is 61.2 Å². The quantitative estimate of drug-likeness (QED) is 0.0843. The molecule has 0 aliphatic rings. The lowest BCUT2D eigenvalue weighted by molar-refractivity contribution is -0.605. The smallest absolute Gasteiger partial charge is 0.433 e. The molecule has 0 fully saturated rings. The van der Waals surface area contributed by atoms with Gasteiger partial charge in [0.2, 0.25) is 5.56 Å². The number of carbonyl (C=O) groups excluding carboxylic acids is 4. The van der Waals surface area contributed by atoms with Crippen molar-refractivity contribution in [3.63, 3.8) is 0 Å². The van der Waals surface area contributed by atoms with Crippen LogP contribution in [0.25, 0.3) is 16.9 Å². The molecule has 0 radical (unpaired) electrons. The van der Waals surface area contributed by atoms with Gasteiger partial charge in [-0.15, -0.1) is 0 Å². The first-order valence-electron chi connectivity index (χ1n) is 21.7. The van der Waals surface area contributed by atoms with Gasteiger partial charge in [0.25, 0.3) is 22.6 Å². The van der Waals surface area contributed by atoms with Gasteiger partial charge in [-0.1, -0.05) is 0 Å². The molecule has 8 aromatic heterocycles. The number of aryl methyl sites for hydroxylation is 3. The lowest BCUT2D eigenvalue weighted by Crippen LogP contribution is -2.24. The van der Waals surface area contributed by atoms with Crippen molar-refractivity contribution in [2.45, 2.75) is 6.18 Å². The van der Waals surface area contributed by atoms with E-state index in [0.717, 1.165) is 23.0 Å². The van der Waals surface area contributed by atoms with Crippen molar-refractivity contribution in [2.75, 3.05) is 26.6 Å². The van der Waals surface area contributed by atoms with Gasteiger partial charge in [0.1, 0.15) is 11.5 Å². The highest BCUT2D eigenvalue weighted by molar-refractivity contribution is 6.03. The van der Waals surface area contributed by atoms with E-state index in [1.807, 2.05) is 0 Å². The zero-order valence-electron chi connectivity index (χ0n) is 41.3. The number of ether oxygens (including phenoxy) is 3. The zero-order chi connectivity index (χ0) is 57.0. The predicted molar refractivity (Wildman–Crippen MR) is 266 cm³/mol. The summed E-state index contributed by atoms with van der Waals surface area (Å²) in [7, 11) is 8.57. The van der Waals surface area contributed by atoms with Crippen LogP contribution < -0.4 is 32.3 Å². The Morgan fingerprint density at radius 2 is 1.18 bits per heavy atom. The summed E-state index contributed by atoms with van der Waals surface area (Å²) in [5.41, 5.74) is -0.527. The maximum absolute atomic E-state index is 13.6. The standard InChI is InChI=1S/C21H15F3N6O2.C8H9NO3.3C7H7NO3/c1-29-8-6-13(9-19(29)31)20(32)27-18-5-4-15(12-26-18)30-17(21(22,23)24)10-16(28-30)14-3-2-7-25-11-14;1-9-4-3-6(5-7(9)10)8(11)12-2;1-11-7(9)6-2-4-8(10)5-3-6;1-11-7(10)5-2-3-8-6(9)4-5;1-8-3-2-5(7(10)11)4-6(8)9/h2-12H,1H3,(H,26,27,32);3-5H,1-2H3;2-5H,1H3;2-4H,1H3,(H,8,9);2-4H,1H3,(H,10,11). The van der Waals surface area contributed by atoms with Crippen LogP contribution in [0.1, 0.15) is 57.5 Å². The third-order valence-electron chi connectivity index (χ3n) is 9.85. The molecule has 8 heterocycles. The average Bonchev–Trinajstić information content (AvgIpc) is 3.89. The number of aromatic amines is 1. The summed E-state index contributed by atoms with van der Waals surface area (Å²) in [6, 6.07) is 20.2. The first-order chi connectivity index (χ1) is 36.4. The molecule has 0 bridgehead atoms. The first kappa shape index (κ1) is 59.0. The van der Waals surface area contributed by atoms with E-state index < -0.39 is 41.7 Å². The summed E-state index contributed by atoms with van der Waals surface area (Å²) in [6.07, 6.45) is 7.71. The van der Waals surface area contributed by atoms with Gasteiger partial charge in [-0.05, 0) is 54.6 Å². The third-order valence-corrected chi connectivity index (χ3v) is 9.85. The summed E-state index contributed by atoms with van der Waals surface area (Å²) in [6.45, 7) is 0. The maximum atomic E-state index is 13.6. The molecule has 77 heavy (non-hydrogen) atoms. The Morgan fingerprint density at radius 1 is 0.662 bits per heavy atom. The van der Waals surface area contributed by atoms with E-state index in [1.165, 1.54) is 151 Å². The minimum Gasteiger partial charge on any atom is -0.619 e. The second kappa shape index (κ2) is 27.5. The number of carbonyl (C=O) groups is 5. The van der Waals surface area contributed by atoms with Crippen molar-refractivity contribution in [3.05, 3.63) is 227 Å². The van der Waals surface area contributed by atoms with Gasteiger partial charge < -0.3 is 48.5 Å². The topological polar surface area (TPSA) is 315 Å². The van der Waals surface area contributed by atoms with Gasteiger partial charge >= 0.3 is 30.1 Å². The molecule has 0 saturated heterocycles. The molecule has 3 N–H and O–H groups in total. The predicted octanol–water partition coefficient (Wildman–Crippen LogP) is 3.82. The number of halogens is 3. The van der Waals surface area contributed by atoms with Gasteiger partial charge in [0.15, 0.2) is 12.4 Å². The van der Waals surface area contributed by atoms with E-state index in [1.54, 1.807) is 33.3 Å². The summed E-state index contributed by atoms with van der Waals surface area (Å²) < 4.78 is 59.4. The van der Waals surface area contributed by atoms with Crippen LogP contribution in [0.15, 0.2) is 166 Å². The number of nitrogens with one attached hydrogen (secondary N) is 2. The first-order valence-corrected chi connectivity index (χ1v) is 21.7. The van der Waals surface area contributed by atoms with Gasteiger partial charge in [-0.2, -0.15) is 23.0 Å². The van der Waals surface area contributed by atoms with E-state index in [0.29, 0.717) is 15.9 Å². The van der Waals surface area contributed by atoms with Gasteiger partial charge in [0, 0.05) is 106 Å². The van der Waals surface area contributed by atoms with Crippen LogP contribution in [-0.4, -0.2) is 94.7 Å². The van der Waals surface area contributed by atoms with Crippen LogP contribution in [-0.2, 0) is 41.5 Å². The molecule has 0 aromatic carbocycles. The molecule has 24 nitrogen and oxygen atoms in total. The van der Waals surface area contributed by atoms with Crippen molar-refractivity contribution < 1.29 is 61.2 Å². The zero-order valence-corrected chi connectivity index (χ0v) is 41.3. The lowest BCUT2D eigenvalue weighted by Gasteiger charge is -2.10. The SMILES string of the molecule is COC(=O)c1cc[n+]([O-])cc1.COC(=O)c1cc[nH]c(=O)c1.COC(=O)c1ccn(C)c(=O)c1.Cn1ccc(C(=O)Nc2ccc(-n3nc(-c4cccnc4)cc3C(F)(F)F)cn2)cc1=O.Cn1ccc(C(=O)O)cc1=O. The lowest BCUT2D eigenvalue weighted by atomic mass is 10.2. The monoisotopic (exact) mass is 1070 g/mol. The molecule has 0 aliphatic carbocycles. The molecule has 0 spiro atoms. The number of rotatable bonds is 8. The highest BCUT2D eigenvalue weighted by atomic mass is 19.4. The number of aromatic nitrogens is 9. The number of hydrogen-bond donors (Lipinski definition) is 3. The number of pyridine rings is 7. The number of hydrogen-bond acceptors (Lipinski definition) is 16. The van der Waals surface area contributed by atoms with Crippen LogP contribution in [0.5, 0.6) is 0 Å². The normalized spacial score (nSPS) is 10.2. The van der Waals surface area contributed by atoms with E-state index in [9.17, 15) is 61.5 Å². The second-order valence-corrected chi connectivity index (χ2v) is 15.2. The fourth-order valence-corrected chi connectivity index (χ4v) is 5.73. The average molecular weight is 1070 g/mol. The summed E-state index contributed by atoms with van der Waals surface area (Å²) in [5.74, 6) is -2.98. The minimum absolute atomic E-state index is 0.0214. The highest BCUT2D eigenvalue weighted by Crippen LogP contribution is 2.34. The second-order valence-electron chi connectivity index (χ2n) is 15.2. The largest absolute Gasteiger partial charge is 0.619 e. The number of esters is 3. The number of alkyl halides is 3. The fraction of sp³-hybridized carbons (Fsp3) is 0.140. The van der Waals surface area contributed by atoms with E-state index in [-0.39, 0.29) is 61.7 Å². The van der Waals surface area contributed by atoms with Gasteiger partial charge in [-0.25, -0.2) is 28.8 Å². The highest BCUT2D eigenvalue weighted by Gasteiger charge is 2.36. The van der Waals surface area contributed by atoms with Crippen LogP contribution in [0.2, 0.25) is 0 Å². The Labute approximate surface area is 432 Å². The van der Waals surface area contributed by atoms with E-state index in [4.69, 9.17) is 5.11 Å². The molecule has 0 atom stereocenters. The van der Waals surface area contributed by atoms with Crippen molar-refractivity contribution in [2.24, 2.45) is 21.1 Å². The number of H-pyrrole nitrogens is 1. The molecule has 8 rings (SSSR count). The fourth-order valence-electron chi connectivity index (χ4n) is 5.73. The Balaban J connectivity index is 0.000000234. The maximum Gasteiger partial charge on any atom is 0.433 e. The van der Waals surface area contributed by atoms with Crippen molar-refractivity contribution in [1.82, 2.24) is 38.4 Å². The number of nitrogens with zero attached hydrogens (tertiary/aromatic N) is 8. The molecular weight excluding hydrogens is 1020 g/mol. The molecule has 400 valence electrons. The van der Waals surface area contributed by atoms with Crippen LogP contribution in [0, 0.1) is 5.21 Å². The Kier molecular flexibility index (Phi) is 21.0. The summed E-state index contributed by atoms with van der Waals surface area (Å²) in [4.78, 5) is 110. The third kappa shape index (κ3) is 17.5. The Bertz CT molecular complexity index is 3600. The number of amides is 1. The number of carboxylic acids is 1. The molecule has 8 aromatic rings. The minimum atomic E-state index is -4.65. The number of anilines is 1. The number of methoxy groups -OCH3 is 3. The van der Waals surface area contributed by atoms with Crippen molar-refractivity contribution in [1.29, 1.82) is 0 Å². The Hall–Kier alpha value is -10.6. The molecule has 1 amide bonds. The number of aromatic carboxylic acids is 1. The summed E-state index contributed by atoms with van der Waals surface area (Å²) >= 11 is 0. The molecule has 27 heteroatoms.